The quantitative estimate of drug-likeness (QED) is 0.585. The molecule has 0 fully saturated rings. The summed E-state index contributed by atoms with van der Waals surface area (Å²) in [5.74, 6) is -0.946. The number of amides is 1. The van der Waals surface area contributed by atoms with Crippen LogP contribution in [0.2, 0.25) is 0 Å². The summed E-state index contributed by atoms with van der Waals surface area (Å²) in [5, 5.41) is 3.16. The highest BCUT2D eigenvalue weighted by Gasteiger charge is 2.10. The average molecular weight is 350 g/mol. The maximum absolute atomic E-state index is 12.5. The lowest BCUT2D eigenvalue weighted by molar-refractivity contribution is -0.116. The van der Waals surface area contributed by atoms with Crippen molar-refractivity contribution in [3.05, 3.63) is 69.2 Å². The number of carbonyl (C=O) groups is 1. The van der Waals surface area contributed by atoms with Crippen molar-refractivity contribution in [1.82, 2.24) is 14.5 Å². The van der Waals surface area contributed by atoms with Crippen LogP contribution in [0, 0.1) is 6.92 Å². The highest BCUT2D eigenvalue weighted by atomic mass is 16.4. The number of benzene rings is 2. The van der Waals surface area contributed by atoms with Crippen LogP contribution >= 0.6 is 0 Å². The molecule has 0 saturated heterocycles. The predicted octanol–water partition coefficient (Wildman–Crippen LogP) is 1.78. The fourth-order valence-electron chi connectivity index (χ4n) is 2.84. The van der Waals surface area contributed by atoms with Gasteiger partial charge in [0.15, 0.2) is 5.58 Å². The number of fused-ring (bicyclic) bond motifs is 2. The van der Waals surface area contributed by atoms with Gasteiger partial charge in [0.1, 0.15) is 6.54 Å². The van der Waals surface area contributed by atoms with E-state index in [1.807, 2.05) is 13.0 Å². The van der Waals surface area contributed by atoms with E-state index in [9.17, 15) is 14.4 Å². The average Bonchev–Trinajstić information content (AvgIpc) is 2.97. The zero-order valence-electron chi connectivity index (χ0n) is 13.8. The minimum Gasteiger partial charge on any atom is -0.408 e. The molecule has 8 heteroatoms. The molecule has 0 aliphatic rings. The number of hydrogen-bond acceptors (Lipinski definition) is 5. The second-order valence-electron chi connectivity index (χ2n) is 5.92. The Hall–Kier alpha value is -3.68. The first-order chi connectivity index (χ1) is 12.5. The topological polar surface area (TPSA) is 110 Å². The molecule has 2 N–H and O–H groups in total. The van der Waals surface area contributed by atoms with E-state index in [1.54, 1.807) is 30.3 Å². The number of oxazole rings is 1. The van der Waals surface area contributed by atoms with Crippen molar-refractivity contribution < 1.29 is 9.21 Å². The molecular formula is C18H14N4O4. The van der Waals surface area contributed by atoms with Crippen LogP contribution in [0.15, 0.2) is 56.7 Å². The van der Waals surface area contributed by atoms with Crippen LogP contribution in [0.1, 0.15) is 5.56 Å². The van der Waals surface area contributed by atoms with Crippen molar-refractivity contribution in [3.8, 4) is 0 Å². The van der Waals surface area contributed by atoms with Gasteiger partial charge in [-0.25, -0.2) is 9.78 Å². The Morgan fingerprint density at radius 2 is 2.12 bits per heavy atom. The highest BCUT2D eigenvalue weighted by Crippen LogP contribution is 2.16. The van der Waals surface area contributed by atoms with Crippen LogP contribution in [0.25, 0.3) is 22.0 Å². The molecule has 0 aliphatic heterocycles. The number of para-hydroxylation sites is 1. The standard InChI is InChI=1S/C18H14N4O4/c1-10-3-2-4-12-16(10)19-9-22(17(12)24)8-15(23)20-11-5-6-14-13(7-11)21-18(25)26-14/h2-7,9H,8H2,1H3,(H,20,23)(H,21,25). The van der Waals surface area contributed by atoms with Crippen molar-refractivity contribution in [1.29, 1.82) is 0 Å². The number of aryl methyl sites for hydroxylation is 1. The van der Waals surface area contributed by atoms with Gasteiger partial charge in [-0.2, -0.15) is 0 Å². The van der Waals surface area contributed by atoms with E-state index < -0.39 is 5.76 Å². The number of anilines is 1. The third-order valence-corrected chi connectivity index (χ3v) is 4.07. The number of aromatic nitrogens is 3. The lowest BCUT2D eigenvalue weighted by atomic mass is 10.1. The van der Waals surface area contributed by atoms with Crippen molar-refractivity contribution in [3.63, 3.8) is 0 Å². The first kappa shape index (κ1) is 15.8. The zero-order chi connectivity index (χ0) is 18.3. The normalized spacial score (nSPS) is 11.1. The molecular weight excluding hydrogens is 336 g/mol. The minimum atomic E-state index is -0.562. The number of nitrogens with one attached hydrogen (secondary N) is 2. The first-order valence-electron chi connectivity index (χ1n) is 7.89. The lowest BCUT2D eigenvalue weighted by Gasteiger charge is -2.08. The maximum atomic E-state index is 12.5. The molecule has 1 amide bonds. The summed E-state index contributed by atoms with van der Waals surface area (Å²) < 4.78 is 6.17. The van der Waals surface area contributed by atoms with E-state index >= 15 is 0 Å². The number of carbonyl (C=O) groups excluding carboxylic acids is 1. The number of H-pyrrole nitrogens is 1. The Balaban J connectivity index is 1.59. The molecule has 0 spiro atoms. The first-order valence-corrected chi connectivity index (χ1v) is 7.89. The molecule has 2 heterocycles. The fraction of sp³-hybridized carbons (Fsp3) is 0.111. The van der Waals surface area contributed by atoms with Crippen LogP contribution in [0.5, 0.6) is 0 Å². The molecule has 0 radical (unpaired) electrons. The van der Waals surface area contributed by atoms with Gasteiger partial charge in [0, 0.05) is 5.69 Å². The van der Waals surface area contributed by atoms with Crippen LogP contribution in [-0.4, -0.2) is 20.4 Å². The van der Waals surface area contributed by atoms with Gasteiger partial charge in [0.2, 0.25) is 5.91 Å². The van der Waals surface area contributed by atoms with Crippen molar-refractivity contribution in [2.75, 3.05) is 5.32 Å². The maximum Gasteiger partial charge on any atom is 0.417 e. The molecule has 130 valence electrons. The van der Waals surface area contributed by atoms with Gasteiger partial charge >= 0.3 is 5.76 Å². The third kappa shape index (κ3) is 2.77. The molecule has 0 saturated carbocycles. The van der Waals surface area contributed by atoms with Gasteiger partial charge in [-0.15, -0.1) is 0 Å². The molecule has 26 heavy (non-hydrogen) atoms. The second-order valence-corrected chi connectivity index (χ2v) is 5.92. The van der Waals surface area contributed by atoms with Crippen LogP contribution in [0.3, 0.4) is 0 Å². The van der Waals surface area contributed by atoms with Gasteiger partial charge in [-0.1, -0.05) is 12.1 Å². The van der Waals surface area contributed by atoms with E-state index in [0.717, 1.165) is 5.56 Å². The monoisotopic (exact) mass is 350 g/mol. The number of hydrogen-bond donors (Lipinski definition) is 2. The molecule has 4 aromatic rings. The Bertz CT molecular complexity index is 1270. The molecule has 2 aromatic carbocycles. The van der Waals surface area contributed by atoms with Gasteiger partial charge in [-0.05, 0) is 36.8 Å². The molecule has 0 bridgehead atoms. The van der Waals surface area contributed by atoms with Crippen LogP contribution in [-0.2, 0) is 11.3 Å². The largest absolute Gasteiger partial charge is 0.417 e. The summed E-state index contributed by atoms with van der Waals surface area (Å²) in [6.45, 7) is 1.71. The van der Waals surface area contributed by atoms with E-state index in [4.69, 9.17) is 4.42 Å². The molecule has 2 aromatic heterocycles. The molecule has 0 atom stereocenters. The summed E-state index contributed by atoms with van der Waals surface area (Å²) >= 11 is 0. The summed E-state index contributed by atoms with van der Waals surface area (Å²) in [4.78, 5) is 42.8. The van der Waals surface area contributed by atoms with Gasteiger partial charge < -0.3 is 9.73 Å². The summed E-state index contributed by atoms with van der Waals surface area (Å²) in [5.41, 5.74) is 2.62. The number of rotatable bonds is 3. The number of aromatic amines is 1. The van der Waals surface area contributed by atoms with Gasteiger partial charge in [-0.3, -0.25) is 19.1 Å². The van der Waals surface area contributed by atoms with Crippen LogP contribution in [0.4, 0.5) is 5.69 Å². The Kier molecular flexibility index (Phi) is 3.65. The molecule has 8 nitrogen and oxygen atoms in total. The molecule has 0 aliphatic carbocycles. The predicted molar refractivity (Wildman–Crippen MR) is 96.2 cm³/mol. The Morgan fingerprint density at radius 1 is 1.27 bits per heavy atom. The van der Waals surface area contributed by atoms with Gasteiger partial charge in [0.25, 0.3) is 5.56 Å². The van der Waals surface area contributed by atoms with E-state index in [1.165, 1.54) is 10.9 Å². The lowest BCUT2D eigenvalue weighted by Crippen LogP contribution is -2.28. The van der Waals surface area contributed by atoms with Crippen molar-refractivity contribution in [2.45, 2.75) is 13.5 Å². The van der Waals surface area contributed by atoms with E-state index in [0.29, 0.717) is 27.7 Å². The number of nitrogens with zero attached hydrogens (tertiary/aromatic N) is 2. The second kappa shape index (κ2) is 5.99. The SMILES string of the molecule is Cc1cccc2c(=O)n(CC(=O)Nc3ccc4oc(=O)[nH]c4c3)cnc12. The van der Waals surface area contributed by atoms with E-state index in [2.05, 4.69) is 15.3 Å². The zero-order valence-corrected chi connectivity index (χ0v) is 13.8. The third-order valence-electron chi connectivity index (χ3n) is 4.07. The smallest absolute Gasteiger partial charge is 0.408 e. The Morgan fingerprint density at radius 3 is 2.96 bits per heavy atom. The van der Waals surface area contributed by atoms with Crippen molar-refractivity contribution in [2.24, 2.45) is 0 Å². The Labute approximate surface area is 146 Å². The summed E-state index contributed by atoms with van der Waals surface area (Å²) in [6.07, 6.45) is 1.37. The van der Waals surface area contributed by atoms with E-state index in [-0.39, 0.29) is 18.0 Å². The van der Waals surface area contributed by atoms with Crippen molar-refractivity contribution >= 4 is 33.6 Å². The van der Waals surface area contributed by atoms with Gasteiger partial charge in [0.05, 0.1) is 22.7 Å². The van der Waals surface area contributed by atoms with Crippen LogP contribution < -0.4 is 16.6 Å². The highest BCUT2D eigenvalue weighted by molar-refractivity contribution is 5.92. The summed E-state index contributed by atoms with van der Waals surface area (Å²) in [7, 11) is 0. The molecule has 0 unspecified atom stereocenters. The fourth-order valence-corrected chi connectivity index (χ4v) is 2.84. The molecule has 4 rings (SSSR count). The summed E-state index contributed by atoms with van der Waals surface area (Å²) in [6, 6.07) is 10.1. The minimum absolute atomic E-state index is 0.171.